The van der Waals surface area contributed by atoms with Crippen molar-refractivity contribution in [3.8, 4) is 0 Å². The largest absolute Gasteiger partial charge is 0.346 e. The Balaban J connectivity index is 1.65. The van der Waals surface area contributed by atoms with Crippen molar-refractivity contribution in [2.45, 2.75) is 37.6 Å². The van der Waals surface area contributed by atoms with E-state index in [0.29, 0.717) is 24.9 Å². The van der Waals surface area contributed by atoms with Crippen molar-refractivity contribution in [3.63, 3.8) is 0 Å². The number of anilines is 1. The third kappa shape index (κ3) is 4.85. The van der Waals surface area contributed by atoms with Crippen molar-refractivity contribution in [3.05, 3.63) is 59.4 Å². The maximum Gasteiger partial charge on any atom is 0.313 e. The fraction of sp³-hybridized carbons (Fsp3) is 0.333. The summed E-state index contributed by atoms with van der Waals surface area (Å²) in [5, 5.41) is 4.80. The third-order valence-electron chi connectivity index (χ3n) is 5.04. The lowest BCUT2D eigenvalue weighted by molar-refractivity contribution is -0.136. The first-order valence-electron chi connectivity index (χ1n) is 9.62. The van der Waals surface area contributed by atoms with Crippen molar-refractivity contribution in [2.24, 2.45) is 0 Å². The molecule has 1 heterocycles. The lowest BCUT2D eigenvalue weighted by Crippen LogP contribution is -2.45. The summed E-state index contributed by atoms with van der Waals surface area (Å²) in [6, 6.07) is 10.0. The second-order valence-corrected chi connectivity index (χ2v) is 9.21. The number of nitrogens with one attached hydrogen (secondary N) is 2. The maximum absolute atomic E-state index is 13.2. The van der Waals surface area contributed by atoms with E-state index in [1.807, 2.05) is 13.0 Å². The molecule has 0 saturated carbocycles. The van der Waals surface area contributed by atoms with Gasteiger partial charge in [-0.05, 0) is 62.1 Å². The highest BCUT2D eigenvalue weighted by Gasteiger charge is 2.36. The number of sulfonamides is 1. The van der Waals surface area contributed by atoms with Crippen LogP contribution in [0.25, 0.3) is 0 Å². The first-order valence-corrected chi connectivity index (χ1v) is 11.1. The van der Waals surface area contributed by atoms with Gasteiger partial charge in [0.05, 0.1) is 4.90 Å². The predicted molar refractivity (Wildman–Crippen MR) is 111 cm³/mol. The van der Waals surface area contributed by atoms with E-state index >= 15 is 0 Å². The average molecular weight is 434 g/mol. The number of halogens is 1. The second kappa shape index (κ2) is 8.93. The molecular weight excluding hydrogens is 409 g/mol. The van der Waals surface area contributed by atoms with Crippen LogP contribution in [-0.4, -0.2) is 43.7 Å². The number of hydrogen-bond acceptors (Lipinski definition) is 4. The van der Waals surface area contributed by atoms with Gasteiger partial charge in [0.25, 0.3) is 0 Å². The normalized spacial score (nSPS) is 17.0. The molecule has 0 radical (unpaired) electrons. The first-order chi connectivity index (χ1) is 14.2. The number of aryl methyl sites for hydroxylation is 2. The average Bonchev–Trinajstić information content (AvgIpc) is 3.17. The number of nitrogens with zero attached hydrogens (tertiary/aromatic N) is 1. The molecule has 160 valence electrons. The molecule has 1 saturated heterocycles. The quantitative estimate of drug-likeness (QED) is 0.708. The van der Waals surface area contributed by atoms with Crippen LogP contribution in [0.4, 0.5) is 10.1 Å². The molecule has 2 aromatic carbocycles. The van der Waals surface area contributed by atoms with Gasteiger partial charge in [0.15, 0.2) is 0 Å². The number of rotatable bonds is 5. The summed E-state index contributed by atoms with van der Waals surface area (Å²) in [5.41, 5.74) is 1.66. The summed E-state index contributed by atoms with van der Waals surface area (Å²) >= 11 is 0. The van der Waals surface area contributed by atoms with Crippen LogP contribution in [0.3, 0.4) is 0 Å². The van der Waals surface area contributed by atoms with Crippen molar-refractivity contribution in [2.75, 3.05) is 18.4 Å². The fourth-order valence-corrected chi connectivity index (χ4v) is 5.49. The van der Waals surface area contributed by atoms with E-state index in [1.165, 1.54) is 22.5 Å². The fourth-order valence-electron chi connectivity index (χ4n) is 3.49. The molecule has 0 aliphatic carbocycles. The Kier molecular flexibility index (Phi) is 6.52. The zero-order valence-electron chi connectivity index (χ0n) is 16.8. The second-order valence-electron chi connectivity index (χ2n) is 7.36. The number of hydrogen-bond donors (Lipinski definition) is 2. The van der Waals surface area contributed by atoms with E-state index in [-0.39, 0.29) is 17.1 Å². The Labute approximate surface area is 175 Å². The molecule has 9 heteroatoms. The summed E-state index contributed by atoms with van der Waals surface area (Å²) in [6.07, 6.45) is 1.25. The lowest BCUT2D eigenvalue weighted by Gasteiger charge is -2.25. The minimum Gasteiger partial charge on any atom is -0.346 e. The van der Waals surface area contributed by atoms with E-state index in [4.69, 9.17) is 0 Å². The van der Waals surface area contributed by atoms with Gasteiger partial charge in [-0.25, -0.2) is 12.8 Å². The van der Waals surface area contributed by atoms with E-state index in [1.54, 1.807) is 19.1 Å². The molecule has 30 heavy (non-hydrogen) atoms. The van der Waals surface area contributed by atoms with Crippen LogP contribution in [0.5, 0.6) is 0 Å². The van der Waals surface area contributed by atoms with Crippen molar-refractivity contribution < 1.29 is 22.4 Å². The summed E-state index contributed by atoms with van der Waals surface area (Å²) in [5.74, 6) is -2.38. The summed E-state index contributed by atoms with van der Waals surface area (Å²) in [7, 11) is -3.72. The predicted octanol–water partition coefficient (Wildman–Crippen LogP) is 2.35. The highest BCUT2D eigenvalue weighted by Crippen LogP contribution is 2.28. The van der Waals surface area contributed by atoms with Crippen LogP contribution in [0.1, 0.15) is 24.0 Å². The molecule has 1 aliphatic rings. The van der Waals surface area contributed by atoms with E-state index in [0.717, 1.165) is 11.6 Å². The van der Waals surface area contributed by atoms with E-state index < -0.39 is 33.7 Å². The van der Waals surface area contributed by atoms with E-state index in [2.05, 4.69) is 10.6 Å². The van der Waals surface area contributed by atoms with E-state index in [9.17, 15) is 22.4 Å². The molecule has 2 amide bonds. The molecule has 0 spiro atoms. The molecule has 0 aromatic heterocycles. The zero-order chi connectivity index (χ0) is 21.9. The highest BCUT2D eigenvalue weighted by atomic mass is 32.2. The van der Waals surface area contributed by atoms with Gasteiger partial charge in [-0.2, -0.15) is 4.31 Å². The van der Waals surface area contributed by atoms with Crippen LogP contribution in [0.15, 0.2) is 47.4 Å². The number of amides is 2. The Hall–Kier alpha value is -2.78. The van der Waals surface area contributed by atoms with Crippen LogP contribution in [-0.2, 0) is 19.6 Å². The first kappa shape index (κ1) is 21.9. The van der Waals surface area contributed by atoms with Crippen LogP contribution in [0.2, 0.25) is 0 Å². The monoisotopic (exact) mass is 433 g/mol. The van der Waals surface area contributed by atoms with Crippen LogP contribution >= 0.6 is 0 Å². The molecule has 2 aromatic rings. The maximum atomic E-state index is 13.2. The summed E-state index contributed by atoms with van der Waals surface area (Å²) in [6.45, 7) is 3.94. The van der Waals surface area contributed by atoms with Gasteiger partial charge in [0, 0.05) is 24.8 Å². The molecule has 7 nitrogen and oxygen atoms in total. The number of carbonyl (C=O) groups excluding carboxylic acids is 2. The van der Waals surface area contributed by atoms with Gasteiger partial charge in [-0.1, -0.05) is 18.2 Å². The van der Waals surface area contributed by atoms with Crippen molar-refractivity contribution in [1.82, 2.24) is 9.62 Å². The number of carbonyl (C=O) groups is 2. The van der Waals surface area contributed by atoms with Crippen LogP contribution < -0.4 is 10.6 Å². The Morgan fingerprint density at radius 3 is 2.63 bits per heavy atom. The standard InChI is InChI=1S/C21H24FN3O4S/c1-14-8-9-15(2)19(11-14)30(28,29)25-10-4-7-18(25)13-23-20(26)21(27)24-17-6-3-5-16(22)12-17/h3,5-6,8-9,11-12,18H,4,7,10,13H2,1-2H3,(H,23,26)(H,24,27)/t18-/m1/s1. The van der Waals surface area contributed by atoms with Gasteiger partial charge in [0.2, 0.25) is 10.0 Å². The molecule has 0 bridgehead atoms. The van der Waals surface area contributed by atoms with Gasteiger partial charge in [-0.15, -0.1) is 0 Å². The SMILES string of the molecule is Cc1ccc(C)c(S(=O)(=O)N2CCC[C@@H]2CNC(=O)C(=O)Nc2cccc(F)c2)c1. The van der Waals surface area contributed by atoms with Crippen LogP contribution in [0, 0.1) is 19.7 Å². The van der Waals surface area contributed by atoms with Gasteiger partial charge in [0.1, 0.15) is 5.82 Å². The zero-order valence-corrected chi connectivity index (χ0v) is 17.6. The minimum atomic E-state index is -3.72. The minimum absolute atomic E-state index is 0.0134. The molecular formula is C21H24FN3O4S. The molecule has 1 aliphatic heterocycles. The summed E-state index contributed by atoms with van der Waals surface area (Å²) < 4.78 is 40.9. The Morgan fingerprint density at radius 2 is 1.90 bits per heavy atom. The highest BCUT2D eigenvalue weighted by molar-refractivity contribution is 7.89. The van der Waals surface area contributed by atoms with Gasteiger partial charge in [-0.3, -0.25) is 9.59 Å². The topological polar surface area (TPSA) is 95.6 Å². The molecule has 1 atom stereocenters. The van der Waals surface area contributed by atoms with Crippen molar-refractivity contribution in [1.29, 1.82) is 0 Å². The smallest absolute Gasteiger partial charge is 0.313 e. The Bertz CT molecular complexity index is 1070. The van der Waals surface area contributed by atoms with Gasteiger partial charge < -0.3 is 10.6 Å². The Morgan fingerprint density at radius 1 is 1.13 bits per heavy atom. The molecule has 0 unspecified atom stereocenters. The summed E-state index contributed by atoms with van der Waals surface area (Å²) in [4.78, 5) is 24.4. The molecule has 3 rings (SSSR count). The van der Waals surface area contributed by atoms with Crippen molar-refractivity contribution >= 4 is 27.5 Å². The molecule has 2 N–H and O–H groups in total. The third-order valence-corrected chi connectivity index (χ3v) is 7.13. The lowest BCUT2D eigenvalue weighted by atomic mass is 10.2. The number of benzene rings is 2. The molecule has 1 fully saturated rings. The van der Waals surface area contributed by atoms with Gasteiger partial charge >= 0.3 is 11.8 Å².